The number of phenols is 2. The van der Waals surface area contributed by atoms with Gasteiger partial charge in [0.25, 0.3) is 0 Å². The molecule has 0 fully saturated rings. The fraction of sp³-hybridized carbons (Fsp3) is 0.750. The number of aromatic hydroxyl groups is 2. The minimum absolute atomic E-state index is 0.109. The highest BCUT2D eigenvalue weighted by Crippen LogP contribution is 2.41. The number of carboxylic acid groups (broad SMARTS) is 2. The van der Waals surface area contributed by atoms with E-state index in [-0.39, 0.29) is 47.7 Å². The molecule has 0 bridgehead atoms. The van der Waals surface area contributed by atoms with Crippen molar-refractivity contribution in [3.8, 4) is 11.5 Å². The second-order valence-electron chi connectivity index (χ2n) is 22.5. The predicted molar refractivity (Wildman–Crippen MR) is 273 cm³/mol. The Morgan fingerprint density at radius 1 is 0.431 bits per heavy atom. The first kappa shape index (κ1) is 61.9. The van der Waals surface area contributed by atoms with Crippen LogP contribution in [-0.4, -0.2) is 80.3 Å². The molecule has 2 aromatic carbocycles. The Hall–Kier alpha value is -3.14. The summed E-state index contributed by atoms with van der Waals surface area (Å²) in [6.45, 7) is 29.7. The fourth-order valence-electron chi connectivity index (χ4n) is 7.97. The van der Waals surface area contributed by atoms with Crippen molar-refractivity contribution in [2.45, 2.75) is 240 Å². The second kappa shape index (κ2) is 31.8. The van der Waals surface area contributed by atoms with Crippen molar-refractivity contribution >= 4 is 11.9 Å². The van der Waals surface area contributed by atoms with Crippen molar-refractivity contribution in [1.29, 1.82) is 0 Å². The summed E-state index contributed by atoms with van der Waals surface area (Å²) >= 11 is 0. The first-order valence-corrected chi connectivity index (χ1v) is 25.3. The van der Waals surface area contributed by atoms with Gasteiger partial charge in [0.2, 0.25) is 0 Å². The molecule has 376 valence electrons. The zero-order valence-electron chi connectivity index (χ0n) is 43.9. The Morgan fingerprint density at radius 2 is 0.677 bits per heavy atom. The predicted octanol–water partition coefficient (Wildman–Crippen LogP) is 13.5. The average molecular weight is 914 g/mol. The maximum absolute atomic E-state index is 10.8. The van der Waals surface area contributed by atoms with Gasteiger partial charge in [0.1, 0.15) is 11.5 Å². The van der Waals surface area contributed by atoms with E-state index in [1.165, 1.54) is 103 Å². The molecule has 0 spiro atoms. The van der Waals surface area contributed by atoms with Crippen molar-refractivity contribution in [3.63, 3.8) is 0 Å². The second-order valence-corrected chi connectivity index (χ2v) is 22.5. The van der Waals surface area contributed by atoms with Gasteiger partial charge in [-0.15, -0.1) is 0 Å². The number of rotatable bonds is 27. The third kappa shape index (κ3) is 27.9. The molecule has 0 atom stereocenters. The lowest BCUT2D eigenvalue weighted by Gasteiger charge is -2.28. The van der Waals surface area contributed by atoms with Gasteiger partial charge in [-0.2, -0.15) is 0 Å². The Kier molecular flexibility index (Phi) is 30.2. The van der Waals surface area contributed by atoms with Crippen LogP contribution in [-0.2, 0) is 44.1 Å². The SMILES string of the molecule is CC(C)(C)c1cc(CCC(=O)O)cc(C(C)(C)C)c1O.CC(C)(C)c1cc(CCC(=O)O)cc(C(C)(C)C)c1O.CCCCCCCCCCCCCCCCCCN(CCO)CCO. The molecule has 0 aliphatic heterocycles. The topological polar surface area (TPSA) is 159 Å². The summed E-state index contributed by atoms with van der Waals surface area (Å²) in [5, 5.41) is 56.7. The van der Waals surface area contributed by atoms with Gasteiger partial charge in [-0.1, -0.05) is 211 Å². The summed E-state index contributed by atoms with van der Waals surface area (Å²) in [6, 6.07) is 7.75. The Morgan fingerprint density at radius 3 is 0.892 bits per heavy atom. The van der Waals surface area contributed by atoms with E-state index in [0.29, 0.717) is 37.4 Å². The maximum atomic E-state index is 10.8. The molecular weight excluding hydrogens is 815 g/mol. The summed E-state index contributed by atoms with van der Waals surface area (Å²) in [6.07, 6.45) is 23.5. The highest BCUT2D eigenvalue weighted by Gasteiger charge is 2.28. The van der Waals surface area contributed by atoms with Crippen molar-refractivity contribution in [3.05, 3.63) is 57.6 Å². The van der Waals surface area contributed by atoms with E-state index in [4.69, 9.17) is 20.4 Å². The van der Waals surface area contributed by atoms with Gasteiger partial charge in [-0.3, -0.25) is 14.5 Å². The molecule has 0 aliphatic carbocycles. The number of aliphatic hydroxyl groups excluding tert-OH is 2. The Labute approximate surface area is 397 Å². The zero-order valence-corrected chi connectivity index (χ0v) is 43.9. The number of aryl methyl sites for hydroxylation is 2. The van der Waals surface area contributed by atoms with Gasteiger partial charge in [-0.05, 0) is 80.8 Å². The van der Waals surface area contributed by atoms with E-state index < -0.39 is 11.9 Å². The first-order chi connectivity index (χ1) is 30.2. The highest BCUT2D eigenvalue weighted by molar-refractivity contribution is 5.67. The van der Waals surface area contributed by atoms with Gasteiger partial charge in [0.05, 0.1) is 13.2 Å². The molecule has 0 radical (unpaired) electrons. The maximum Gasteiger partial charge on any atom is 0.303 e. The van der Waals surface area contributed by atoms with Gasteiger partial charge < -0.3 is 30.6 Å². The van der Waals surface area contributed by atoms with Crippen LogP contribution < -0.4 is 0 Å². The molecule has 0 unspecified atom stereocenters. The smallest absolute Gasteiger partial charge is 0.303 e. The van der Waals surface area contributed by atoms with E-state index in [0.717, 1.165) is 39.9 Å². The molecule has 0 saturated carbocycles. The van der Waals surface area contributed by atoms with Crippen LogP contribution in [0.3, 0.4) is 0 Å². The molecule has 9 heteroatoms. The number of hydrogen-bond acceptors (Lipinski definition) is 7. The van der Waals surface area contributed by atoms with Crippen LogP contribution in [0, 0.1) is 0 Å². The average Bonchev–Trinajstić information content (AvgIpc) is 3.18. The number of aliphatic carboxylic acids is 2. The molecule has 2 rings (SSSR count). The summed E-state index contributed by atoms with van der Waals surface area (Å²) in [7, 11) is 0. The molecule has 0 heterocycles. The fourth-order valence-corrected chi connectivity index (χ4v) is 7.97. The van der Waals surface area contributed by atoms with Crippen molar-refractivity contribution < 1.29 is 40.2 Å². The number of nitrogens with zero attached hydrogens (tertiary/aromatic N) is 1. The lowest BCUT2D eigenvalue weighted by atomic mass is 9.78. The molecule has 9 nitrogen and oxygen atoms in total. The van der Waals surface area contributed by atoms with E-state index in [1.807, 2.05) is 24.3 Å². The normalized spacial score (nSPS) is 12.1. The van der Waals surface area contributed by atoms with Crippen molar-refractivity contribution in [2.75, 3.05) is 32.8 Å². The molecule has 0 aromatic heterocycles. The van der Waals surface area contributed by atoms with E-state index >= 15 is 0 Å². The van der Waals surface area contributed by atoms with Crippen LogP contribution in [0.2, 0.25) is 0 Å². The summed E-state index contributed by atoms with van der Waals surface area (Å²) in [5.41, 5.74) is 4.76. The van der Waals surface area contributed by atoms with E-state index in [1.54, 1.807) is 0 Å². The van der Waals surface area contributed by atoms with Gasteiger partial charge in [0, 0.05) is 25.9 Å². The number of aliphatic hydroxyl groups is 2. The number of hydrogen-bond donors (Lipinski definition) is 6. The van der Waals surface area contributed by atoms with Crippen LogP contribution in [0.1, 0.15) is 239 Å². The lowest BCUT2D eigenvalue weighted by molar-refractivity contribution is -0.138. The number of unbranched alkanes of at least 4 members (excludes halogenated alkanes) is 15. The molecule has 2 aromatic rings. The minimum Gasteiger partial charge on any atom is -0.507 e. The molecule has 6 N–H and O–H groups in total. The first-order valence-electron chi connectivity index (χ1n) is 25.3. The third-order valence-electron chi connectivity index (χ3n) is 12.0. The number of phenolic OH excluding ortho intramolecular Hbond substituents is 2. The van der Waals surface area contributed by atoms with Crippen molar-refractivity contribution in [1.82, 2.24) is 4.90 Å². The monoisotopic (exact) mass is 914 g/mol. The third-order valence-corrected chi connectivity index (χ3v) is 12.0. The highest BCUT2D eigenvalue weighted by atomic mass is 16.4. The number of carboxylic acids is 2. The molecular formula is C56H99NO8. The van der Waals surface area contributed by atoms with Gasteiger partial charge in [-0.25, -0.2) is 0 Å². The molecule has 0 amide bonds. The van der Waals surface area contributed by atoms with Gasteiger partial charge >= 0.3 is 11.9 Å². The lowest BCUT2D eigenvalue weighted by Crippen LogP contribution is -2.30. The quantitative estimate of drug-likeness (QED) is 0.0480. The van der Waals surface area contributed by atoms with E-state index in [9.17, 15) is 19.8 Å². The molecule has 0 saturated heterocycles. The summed E-state index contributed by atoms with van der Waals surface area (Å²) in [5.74, 6) is -0.923. The Balaban J connectivity index is 0.000000953. The summed E-state index contributed by atoms with van der Waals surface area (Å²) in [4.78, 5) is 23.7. The van der Waals surface area contributed by atoms with Crippen LogP contribution >= 0.6 is 0 Å². The molecule has 65 heavy (non-hydrogen) atoms. The van der Waals surface area contributed by atoms with Gasteiger partial charge in [0.15, 0.2) is 0 Å². The largest absolute Gasteiger partial charge is 0.507 e. The van der Waals surface area contributed by atoms with Crippen LogP contribution in [0.15, 0.2) is 24.3 Å². The zero-order chi connectivity index (χ0) is 49.9. The minimum atomic E-state index is -0.798. The molecule has 0 aliphatic rings. The van der Waals surface area contributed by atoms with Crippen LogP contribution in [0.25, 0.3) is 0 Å². The van der Waals surface area contributed by atoms with Crippen molar-refractivity contribution in [2.24, 2.45) is 0 Å². The summed E-state index contributed by atoms with van der Waals surface area (Å²) < 4.78 is 0. The van der Waals surface area contributed by atoms with Crippen LogP contribution in [0.4, 0.5) is 0 Å². The van der Waals surface area contributed by atoms with Crippen LogP contribution in [0.5, 0.6) is 11.5 Å². The number of benzene rings is 2. The Bertz CT molecular complexity index is 1430. The van der Waals surface area contributed by atoms with E-state index in [2.05, 4.69) is 94.9 Å². The number of carbonyl (C=O) groups is 2. The standard InChI is InChI=1S/C22H47NO2.2C17H26O3/c1-2-3-4-5-6-7-8-9-10-11-12-13-14-15-16-17-18-23(19-21-24)20-22-25;2*1-16(2,3)12-9-11(7-8-14(18)19)10-13(15(12)20)17(4,5)6/h24-25H,2-22H2,1H3;2*9-10,20H,7-8H2,1-6H3,(H,18,19).